The molecule has 0 fully saturated rings. The molecule has 1 atom stereocenters. The second-order valence-electron chi connectivity index (χ2n) is 2.55. The van der Waals surface area contributed by atoms with E-state index in [0.29, 0.717) is 3.58 Å². The molecule has 0 unspecified atom stereocenters. The number of likely N-dealkylation sites (N-methyl/N-ethyl adjacent to an activating group) is 1. The average molecular weight is 317 g/mol. The van der Waals surface area contributed by atoms with Crippen molar-refractivity contribution in [2.24, 2.45) is 0 Å². The van der Waals surface area contributed by atoms with E-state index in [2.05, 4.69) is 4.84 Å². The van der Waals surface area contributed by atoms with E-state index in [1.807, 2.05) is 22.6 Å². The first-order valence-electron chi connectivity index (χ1n) is 3.93. The van der Waals surface area contributed by atoms with Crippen molar-refractivity contribution in [3.8, 4) is 0 Å². The minimum atomic E-state index is -1.18. The first-order valence-corrected chi connectivity index (χ1v) is 5.01. The van der Waals surface area contributed by atoms with Crippen molar-refractivity contribution in [3.63, 3.8) is 0 Å². The Kier molecular flexibility index (Phi) is 7.02. The van der Waals surface area contributed by atoms with Crippen molar-refractivity contribution < 1.29 is 19.1 Å². The third kappa shape index (κ3) is 4.87. The molecule has 14 heavy (non-hydrogen) atoms. The van der Waals surface area contributed by atoms with Crippen LogP contribution in [0.2, 0.25) is 0 Å². The van der Waals surface area contributed by atoms with E-state index in [1.54, 1.807) is 0 Å². The van der Waals surface area contributed by atoms with Gasteiger partial charge in [0, 0.05) is 17.0 Å². The van der Waals surface area contributed by atoms with Crippen LogP contribution < -0.4 is 0 Å². The van der Waals surface area contributed by atoms with Crippen molar-refractivity contribution in [2.75, 3.05) is 20.8 Å². The summed E-state index contributed by atoms with van der Waals surface area (Å²) in [6, 6.07) is 0. The van der Waals surface area contributed by atoms with Crippen LogP contribution in [-0.2, 0) is 9.63 Å². The van der Waals surface area contributed by atoms with E-state index >= 15 is 0 Å². The van der Waals surface area contributed by atoms with E-state index in [1.165, 1.54) is 20.2 Å². The molecule has 0 aromatic carbocycles. The van der Waals surface area contributed by atoms with Gasteiger partial charge in [0.2, 0.25) is 0 Å². The molecule has 0 aromatic rings. The number of carbonyl (C=O) groups is 1. The number of alkyl halides is 1. The Morgan fingerprint density at radius 2 is 2.36 bits per heavy atom. The van der Waals surface area contributed by atoms with E-state index in [9.17, 15) is 14.3 Å². The van der Waals surface area contributed by atoms with Gasteiger partial charge in [-0.05, 0) is 22.6 Å². The molecule has 82 valence electrons. The largest absolute Gasteiger partial charge is 0.383 e. The molecule has 0 saturated carbocycles. The number of nitrogens with zero attached hydrogens (tertiary/aromatic N) is 1. The normalized spacial score (nSPS) is 13.9. The SMILES string of the molecule is CON(C)C(=O)[C@@H](O)C/C=C(\I)CF. The van der Waals surface area contributed by atoms with Gasteiger partial charge in [-0.3, -0.25) is 9.63 Å². The quantitative estimate of drug-likeness (QED) is 0.609. The lowest BCUT2D eigenvalue weighted by molar-refractivity contribution is -0.177. The molecular formula is C8H13FINO3. The van der Waals surface area contributed by atoms with Crippen LogP contribution in [0.5, 0.6) is 0 Å². The molecule has 0 aliphatic rings. The Hall–Kier alpha value is -0.210. The first kappa shape index (κ1) is 13.8. The molecule has 0 heterocycles. The number of hydrogen-bond donors (Lipinski definition) is 1. The zero-order valence-corrected chi connectivity index (χ0v) is 10.2. The van der Waals surface area contributed by atoms with Crippen molar-refractivity contribution in [1.82, 2.24) is 5.06 Å². The number of hydroxylamine groups is 2. The van der Waals surface area contributed by atoms with E-state index in [-0.39, 0.29) is 6.42 Å². The lowest BCUT2D eigenvalue weighted by Crippen LogP contribution is -2.35. The Morgan fingerprint density at radius 1 is 1.79 bits per heavy atom. The summed E-state index contributed by atoms with van der Waals surface area (Å²) in [6.45, 7) is -0.582. The Balaban J connectivity index is 4.08. The molecule has 1 N–H and O–H groups in total. The van der Waals surface area contributed by atoms with Gasteiger partial charge in [-0.25, -0.2) is 9.45 Å². The molecule has 0 radical (unpaired) electrons. The molecule has 0 aromatic heterocycles. The average Bonchev–Trinajstić information content (AvgIpc) is 2.22. The van der Waals surface area contributed by atoms with Gasteiger partial charge in [-0.2, -0.15) is 0 Å². The number of aliphatic hydroxyl groups excluding tert-OH is 1. The van der Waals surface area contributed by atoms with Crippen LogP contribution in [0.25, 0.3) is 0 Å². The number of halogens is 2. The third-order valence-corrected chi connectivity index (χ3v) is 2.29. The molecule has 0 rings (SSSR count). The van der Waals surface area contributed by atoms with Crippen LogP contribution in [0.1, 0.15) is 6.42 Å². The van der Waals surface area contributed by atoms with Crippen LogP contribution in [0.4, 0.5) is 4.39 Å². The fourth-order valence-electron chi connectivity index (χ4n) is 0.695. The number of rotatable bonds is 5. The number of allylic oxidation sites excluding steroid dienone is 1. The maximum Gasteiger partial charge on any atom is 0.274 e. The number of amides is 1. The fraction of sp³-hybridized carbons (Fsp3) is 0.625. The zero-order chi connectivity index (χ0) is 11.1. The van der Waals surface area contributed by atoms with Crippen LogP contribution in [-0.4, -0.2) is 43.0 Å². The molecule has 4 nitrogen and oxygen atoms in total. The van der Waals surface area contributed by atoms with Gasteiger partial charge in [0.05, 0.1) is 7.11 Å². The predicted molar refractivity (Wildman–Crippen MR) is 58.5 cm³/mol. The van der Waals surface area contributed by atoms with Crippen LogP contribution in [0.15, 0.2) is 9.66 Å². The molecular weight excluding hydrogens is 304 g/mol. The Bertz CT molecular complexity index is 223. The standard InChI is InChI=1S/C8H13FINO3/c1-11(14-2)8(13)7(12)4-3-6(10)5-9/h3,7,12H,4-5H2,1-2H3/b6-3-/t7-/m0/s1. The van der Waals surface area contributed by atoms with Gasteiger partial charge in [0.15, 0.2) is 0 Å². The lowest BCUT2D eigenvalue weighted by atomic mass is 10.2. The monoisotopic (exact) mass is 317 g/mol. The minimum absolute atomic E-state index is 0.0920. The smallest absolute Gasteiger partial charge is 0.274 e. The molecule has 0 saturated heterocycles. The van der Waals surface area contributed by atoms with Gasteiger partial charge < -0.3 is 5.11 Å². The minimum Gasteiger partial charge on any atom is -0.383 e. The van der Waals surface area contributed by atoms with Gasteiger partial charge >= 0.3 is 0 Å². The van der Waals surface area contributed by atoms with Crippen molar-refractivity contribution in [2.45, 2.75) is 12.5 Å². The maximum absolute atomic E-state index is 12.0. The Labute approximate surface area is 95.8 Å². The van der Waals surface area contributed by atoms with Gasteiger partial charge in [-0.1, -0.05) is 6.08 Å². The van der Waals surface area contributed by atoms with Gasteiger partial charge in [0.25, 0.3) is 5.91 Å². The predicted octanol–water partition coefficient (Wildman–Crippen LogP) is 1.05. The summed E-state index contributed by atoms with van der Waals surface area (Å²) >= 11 is 1.81. The first-order chi connectivity index (χ1) is 6.52. The van der Waals surface area contributed by atoms with Crippen LogP contribution in [0.3, 0.4) is 0 Å². The third-order valence-electron chi connectivity index (χ3n) is 1.56. The van der Waals surface area contributed by atoms with E-state index in [0.717, 1.165) is 5.06 Å². The van der Waals surface area contributed by atoms with Crippen molar-refractivity contribution in [1.29, 1.82) is 0 Å². The summed E-state index contributed by atoms with van der Waals surface area (Å²) in [7, 11) is 2.72. The highest BCUT2D eigenvalue weighted by Gasteiger charge is 2.18. The summed E-state index contributed by atoms with van der Waals surface area (Å²) < 4.78 is 12.5. The van der Waals surface area contributed by atoms with Crippen molar-refractivity contribution in [3.05, 3.63) is 9.66 Å². The van der Waals surface area contributed by atoms with Crippen LogP contribution >= 0.6 is 22.6 Å². The Morgan fingerprint density at radius 3 is 2.79 bits per heavy atom. The van der Waals surface area contributed by atoms with E-state index < -0.39 is 18.7 Å². The summed E-state index contributed by atoms with van der Waals surface area (Å²) in [5.74, 6) is -0.549. The summed E-state index contributed by atoms with van der Waals surface area (Å²) in [6.07, 6.45) is 0.387. The summed E-state index contributed by atoms with van der Waals surface area (Å²) in [5, 5.41) is 10.3. The van der Waals surface area contributed by atoms with Crippen LogP contribution in [0, 0.1) is 0 Å². The second kappa shape index (κ2) is 7.13. The number of aliphatic hydroxyl groups is 1. The molecule has 0 aliphatic carbocycles. The molecule has 0 spiro atoms. The topological polar surface area (TPSA) is 49.8 Å². The number of hydrogen-bond acceptors (Lipinski definition) is 3. The zero-order valence-electron chi connectivity index (χ0n) is 8.04. The second-order valence-corrected chi connectivity index (χ2v) is 3.94. The summed E-state index contributed by atoms with van der Waals surface area (Å²) in [5.41, 5.74) is 0. The highest BCUT2D eigenvalue weighted by Crippen LogP contribution is 2.09. The lowest BCUT2D eigenvalue weighted by Gasteiger charge is -2.16. The molecule has 0 aliphatic heterocycles. The van der Waals surface area contributed by atoms with E-state index in [4.69, 9.17) is 0 Å². The van der Waals surface area contributed by atoms with Gasteiger partial charge in [0.1, 0.15) is 12.8 Å². The molecule has 1 amide bonds. The summed E-state index contributed by atoms with van der Waals surface area (Å²) in [4.78, 5) is 15.8. The molecule has 0 bridgehead atoms. The van der Waals surface area contributed by atoms with Crippen molar-refractivity contribution >= 4 is 28.5 Å². The highest BCUT2D eigenvalue weighted by molar-refractivity contribution is 14.1. The molecule has 6 heteroatoms. The van der Waals surface area contributed by atoms with Gasteiger partial charge in [-0.15, -0.1) is 0 Å². The fourth-order valence-corrected chi connectivity index (χ4v) is 0.949. The number of carbonyl (C=O) groups excluding carboxylic acids is 1. The maximum atomic E-state index is 12.0. The highest BCUT2D eigenvalue weighted by atomic mass is 127.